The molecule has 5 nitrogen and oxygen atoms in total. The van der Waals surface area contributed by atoms with Crippen molar-refractivity contribution in [1.29, 1.82) is 0 Å². The summed E-state index contributed by atoms with van der Waals surface area (Å²) in [5.74, 6) is -0.405. The lowest BCUT2D eigenvalue weighted by Crippen LogP contribution is -2.38. The molecule has 1 saturated heterocycles. The van der Waals surface area contributed by atoms with Gasteiger partial charge >= 0.3 is 5.97 Å². The lowest BCUT2D eigenvalue weighted by molar-refractivity contribution is -0.138. The smallest absolute Gasteiger partial charge is 0.303 e. The van der Waals surface area contributed by atoms with Crippen LogP contribution in [0, 0.1) is 5.92 Å². The van der Waals surface area contributed by atoms with Crippen molar-refractivity contribution in [2.75, 3.05) is 13.1 Å². The van der Waals surface area contributed by atoms with Crippen LogP contribution in [0.4, 0.5) is 0 Å². The number of nitrogens with zero attached hydrogens (tertiary/aromatic N) is 1. The Hall–Kier alpha value is -1.30. The van der Waals surface area contributed by atoms with Crippen LogP contribution in [0.15, 0.2) is 21.2 Å². The molecule has 2 heterocycles. The number of amides is 1. The predicted molar refractivity (Wildman–Crippen MR) is 67.3 cm³/mol. The van der Waals surface area contributed by atoms with Crippen molar-refractivity contribution < 1.29 is 19.1 Å². The first-order valence-corrected chi connectivity index (χ1v) is 6.62. The van der Waals surface area contributed by atoms with Crippen LogP contribution in [0.5, 0.6) is 0 Å². The summed E-state index contributed by atoms with van der Waals surface area (Å²) in [4.78, 5) is 24.4. The topological polar surface area (TPSA) is 70.8 Å². The third kappa shape index (κ3) is 3.13. The molecular weight excluding hydrogens is 302 g/mol. The van der Waals surface area contributed by atoms with Gasteiger partial charge in [-0.15, -0.1) is 0 Å². The van der Waals surface area contributed by atoms with Gasteiger partial charge in [-0.25, -0.2) is 0 Å². The zero-order valence-corrected chi connectivity index (χ0v) is 11.4. The number of hydrogen-bond acceptors (Lipinski definition) is 3. The number of carbonyl (C=O) groups excluding carboxylic acids is 1. The Labute approximate surface area is 113 Å². The number of carboxylic acid groups (broad SMARTS) is 1. The fraction of sp³-hybridized carbons (Fsp3) is 0.500. The fourth-order valence-corrected chi connectivity index (χ4v) is 2.48. The second-order valence-electron chi connectivity index (χ2n) is 4.44. The number of hydrogen-bond donors (Lipinski definition) is 1. The largest absolute Gasteiger partial charge is 0.481 e. The van der Waals surface area contributed by atoms with Crippen LogP contribution in [-0.2, 0) is 4.79 Å². The molecule has 1 fully saturated rings. The summed E-state index contributed by atoms with van der Waals surface area (Å²) in [7, 11) is 0. The van der Waals surface area contributed by atoms with Gasteiger partial charge in [-0.05, 0) is 46.8 Å². The molecule has 0 aliphatic carbocycles. The van der Waals surface area contributed by atoms with Crippen molar-refractivity contribution in [2.24, 2.45) is 5.92 Å². The third-order valence-electron chi connectivity index (χ3n) is 3.15. The molecule has 0 radical (unpaired) electrons. The monoisotopic (exact) mass is 315 g/mol. The van der Waals surface area contributed by atoms with E-state index in [1.165, 1.54) is 0 Å². The molecule has 0 bridgehead atoms. The summed E-state index contributed by atoms with van der Waals surface area (Å²) in [5.41, 5.74) is 0. The number of carbonyl (C=O) groups is 2. The second-order valence-corrected chi connectivity index (χ2v) is 5.22. The standard InChI is InChI=1S/C12H14BrNO4/c13-10-2-1-9(18-10)12(17)14-5-3-8(4-6-14)7-11(15)16/h1-2,8H,3-7H2,(H,15,16). The van der Waals surface area contributed by atoms with E-state index in [1.54, 1.807) is 17.0 Å². The van der Waals surface area contributed by atoms with E-state index in [-0.39, 0.29) is 18.2 Å². The lowest BCUT2D eigenvalue weighted by atomic mass is 9.93. The minimum atomic E-state index is -0.769. The highest BCUT2D eigenvalue weighted by Gasteiger charge is 2.26. The highest BCUT2D eigenvalue weighted by Crippen LogP contribution is 2.23. The Balaban J connectivity index is 1.90. The summed E-state index contributed by atoms with van der Waals surface area (Å²) in [5, 5.41) is 8.72. The van der Waals surface area contributed by atoms with Crippen molar-refractivity contribution in [3.63, 3.8) is 0 Å². The van der Waals surface area contributed by atoms with Gasteiger partial charge in [0.1, 0.15) is 0 Å². The molecule has 6 heteroatoms. The van der Waals surface area contributed by atoms with Crippen molar-refractivity contribution in [2.45, 2.75) is 19.3 Å². The molecule has 0 atom stereocenters. The van der Waals surface area contributed by atoms with E-state index in [0.717, 1.165) is 12.8 Å². The quantitative estimate of drug-likeness (QED) is 0.929. The molecule has 1 amide bonds. The predicted octanol–water partition coefficient (Wildman–Crippen LogP) is 2.37. The summed E-state index contributed by atoms with van der Waals surface area (Å²) in [6.07, 6.45) is 1.66. The molecule has 98 valence electrons. The van der Waals surface area contributed by atoms with Crippen molar-refractivity contribution >= 4 is 27.8 Å². The molecule has 0 saturated carbocycles. The maximum atomic E-state index is 12.0. The molecule has 0 spiro atoms. The van der Waals surface area contributed by atoms with E-state index in [2.05, 4.69) is 15.9 Å². The molecule has 1 N–H and O–H groups in total. The molecule has 0 aromatic carbocycles. The Morgan fingerprint density at radius 2 is 2.06 bits per heavy atom. The summed E-state index contributed by atoms with van der Waals surface area (Å²) in [6, 6.07) is 3.32. The van der Waals surface area contributed by atoms with Gasteiger partial charge in [0.05, 0.1) is 0 Å². The number of aliphatic carboxylic acids is 1. The van der Waals surface area contributed by atoms with Gasteiger partial charge in [0.2, 0.25) is 0 Å². The van der Waals surface area contributed by atoms with Crippen LogP contribution >= 0.6 is 15.9 Å². The van der Waals surface area contributed by atoms with Gasteiger partial charge in [-0.3, -0.25) is 9.59 Å². The number of furan rings is 1. The molecule has 1 aliphatic heterocycles. The molecule has 18 heavy (non-hydrogen) atoms. The zero-order valence-electron chi connectivity index (χ0n) is 9.76. The van der Waals surface area contributed by atoms with E-state index < -0.39 is 5.97 Å². The number of halogens is 1. The first-order valence-electron chi connectivity index (χ1n) is 5.82. The maximum absolute atomic E-state index is 12.0. The zero-order chi connectivity index (χ0) is 13.1. The first kappa shape index (κ1) is 13.1. The van der Waals surface area contributed by atoms with Crippen molar-refractivity contribution in [3.05, 3.63) is 22.6 Å². The van der Waals surface area contributed by atoms with E-state index in [4.69, 9.17) is 9.52 Å². The SMILES string of the molecule is O=C(O)CC1CCN(C(=O)c2ccc(Br)o2)CC1. The lowest BCUT2D eigenvalue weighted by Gasteiger charge is -2.30. The summed E-state index contributed by atoms with van der Waals surface area (Å²) >= 11 is 3.16. The second kappa shape index (κ2) is 5.56. The highest BCUT2D eigenvalue weighted by molar-refractivity contribution is 9.10. The van der Waals surface area contributed by atoms with Crippen LogP contribution in [0.2, 0.25) is 0 Å². The highest BCUT2D eigenvalue weighted by atomic mass is 79.9. The number of carboxylic acids is 1. The van der Waals surface area contributed by atoms with E-state index >= 15 is 0 Å². The molecule has 1 aromatic heterocycles. The minimum Gasteiger partial charge on any atom is -0.481 e. The Bertz CT molecular complexity index is 449. The van der Waals surface area contributed by atoms with E-state index in [1.807, 2.05) is 0 Å². The summed E-state index contributed by atoms with van der Waals surface area (Å²) < 4.78 is 5.76. The van der Waals surface area contributed by atoms with E-state index in [9.17, 15) is 9.59 Å². The minimum absolute atomic E-state index is 0.130. The van der Waals surface area contributed by atoms with E-state index in [0.29, 0.717) is 23.5 Å². The Morgan fingerprint density at radius 3 is 2.56 bits per heavy atom. The summed E-state index contributed by atoms with van der Waals surface area (Å²) in [6.45, 7) is 1.18. The molecule has 2 rings (SSSR count). The molecular formula is C12H14BrNO4. The van der Waals surface area contributed by atoms with Gasteiger partial charge in [0, 0.05) is 19.5 Å². The van der Waals surface area contributed by atoms with Crippen LogP contribution in [0.3, 0.4) is 0 Å². The van der Waals surface area contributed by atoms with Crippen LogP contribution in [-0.4, -0.2) is 35.0 Å². The third-order valence-corrected chi connectivity index (χ3v) is 3.58. The van der Waals surface area contributed by atoms with Crippen LogP contribution in [0.1, 0.15) is 29.8 Å². The number of likely N-dealkylation sites (tertiary alicyclic amines) is 1. The molecule has 1 aromatic rings. The number of rotatable bonds is 3. The first-order chi connectivity index (χ1) is 8.56. The normalized spacial score (nSPS) is 16.8. The van der Waals surface area contributed by atoms with Crippen molar-refractivity contribution in [1.82, 2.24) is 4.90 Å². The fourth-order valence-electron chi connectivity index (χ4n) is 2.17. The maximum Gasteiger partial charge on any atom is 0.303 e. The van der Waals surface area contributed by atoms with Crippen LogP contribution < -0.4 is 0 Å². The Kier molecular flexibility index (Phi) is 4.06. The average Bonchev–Trinajstić information content (AvgIpc) is 2.75. The van der Waals surface area contributed by atoms with Gasteiger partial charge in [0.25, 0.3) is 5.91 Å². The molecule has 0 unspecified atom stereocenters. The van der Waals surface area contributed by atoms with Gasteiger partial charge in [0.15, 0.2) is 10.4 Å². The van der Waals surface area contributed by atoms with Gasteiger partial charge < -0.3 is 14.4 Å². The van der Waals surface area contributed by atoms with Crippen LogP contribution in [0.25, 0.3) is 0 Å². The molecule has 1 aliphatic rings. The Morgan fingerprint density at radius 1 is 1.39 bits per heavy atom. The number of piperidine rings is 1. The van der Waals surface area contributed by atoms with Crippen molar-refractivity contribution in [3.8, 4) is 0 Å². The van der Waals surface area contributed by atoms with Gasteiger partial charge in [-0.2, -0.15) is 0 Å². The van der Waals surface area contributed by atoms with Gasteiger partial charge in [-0.1, -0.05) is 0 Å². The average molecular weight is 316 g/mol.